The van der Waals surface area contributed by atoms with Crippen LogP contribution in [0.2, 0.25) is 0 Å². The van der Waals surface area contributed by atoms with Crippen LogP contribution < -0.4 is 10.1 Å². The number of amides is 2. The number of nitrogens with zero attached hydrogens (tertiary/aromatic N) is 1. The molecule has 0 spiro atoms. The molecule has 0 saturated heterocycles. The van der Waals surface area contributed by atoms with Gasteiger partial charge in [0, 0.05) is 13.1 Å². The number of nitrogens with one attached hydrogen (secondary N) is 1. The maximum atomic E-state index is 12.9. The summed E-state index contributed by atoms with van der Waals surface area (Å²) in [5.41, 5.74) is 0.577. The van der Waals surface area contributed by atoms with E-state index in [4.69, 9.17) is 9.47 Å². The number of phenols is 1. The average Bonchev–Trinajstić information content (AvgIpc) is 2.75. The molecule has 0 saturated carbocycles. The molecule has 0 bridgehead atoms. The van der Waals surface area contributed by atoms with E-state index in [1.807, 2.05) is 0 Å². The second kappa shape index (κ2) is 10.8. The molecule has 2 aromatic carbocycles. The number of likely N-dealkylation sites (N-methyl/N-ethyl adjacent to an activating group) is 1. The van der Waals surface area contributed by atoms with Gasteiger partial charge in [0.15, 0.2) is 6.61 Å². The minimum absolute atomic E-state index is 0.137. The van der Waals surface area contributed by atoms with Crippen molar-refractivity contribution in [3.8, 4) is 11.5 Å². The van der Waals surface area contributed by atoms with E-state index in [2.05, 4.69) is 5.32 Å². The van der Waals surface area contributed by atoms with Crippen LogP contribution in [0.4, 0.5) is 4.39 Å². The van der Waals surface area contributed by atoms with Crippen molar-refractivity contribution in [2.24, 2.45) is 0 Å². The van der Waals surface area contributed by atoms with Crippen LogP contribution in [-0.4, -0.2) is 54.6 Å². The predicted molar refractivity (Wildman–Crippen MR) is 105 cm³/mol. The van der Waals surface area contributed by atoms with E-state index < -0.39 is 24.4 Å². The molecule has 0 aliphatic rings. The summed E-state index contributed by atoms with van der Waals surface area (Å²) in [7, 11) is 1.41. The van der Waals surface area contributed by atoms with Crippen molar-refractivity contribution >= 4 is 17.8 Å². The first-order valence-electron chi connectivity index (χ1n) is 9.17. The number of hydrogen-bond acceptors (Lipinski definition) is 6. The van der Waals surface area contributed by atoms with E-state index in [-0.39, 0.29) is 36.8 Å². The van der Waals surface area contributed by atoms with Gasteiger partial charge in [0.2, 0.25) is 5.91 Å². The highest BCUT2D eigenvalue weighted by Crippen LogP contribution is 2.23. The average molecular weight is 418 g/mol. The van der Waals surface area contributed by atoms with Crippen molar-refractivity contribution in [3.63, 3.8) is 0 Å². The Balaban J connectivity index is 1.85. The number of carbonyl (C=O) groups is 3. The van der Waals surface area contributed by atoms with Gasteiger partial charge < -0.3 is 24.8 Å². The molecule has 0 atom stereocenters. The van der Waals surface area contributed by atoms with Crippen molar-refractivity contribution in [2.45, 2.75) is 13.5 Å². The molecule has 2 N–H and O–H groups in total. The summed E-state index contributed by atoms with van der Waals surface area (Å²) in [4.78, 5) is 37.8. The lowest BCUT2D eigenvalue weighted by Gasteiger charge is -2.20. The van der Waals surface area contributed by atoms with Crippen molar-refractivity contribution in [3.05, 3.63) is 59.4 Å². The fraction of sp³-hybridized carbons (Fsp3) is 0.286. The van der Waals surface area contributed by atoms with Gasteiger partial charge in [-0.1, -0.05) is 12.1 Å². The maximum Gasteiger partial charge on any atom is 0.342 e. The van der Waals surface area contributed by atoms with Gasteiger partial charge in [-0.05, 0) is 42.8 Å². The zero-order valence-electron chi connectivity index (χ0n) is 16.7. The number of halogens is 1. The summed E-state index contributed by atoms with van der Waals surface area (Å²) in [6, 6.07) is 9.72. The van der Waals surface area contributed by atoms with Gasteiger partial charge in [-0.2, -0.15) is 0 Å². The van der Waals surface area contributed by atoms with Crippen LogP contribution >= 0.6 is 0 Å². The van der Waals surface area contributed by atoms with Crippen LogP contribution in [0.5, 0.6) is 11.5 Å². The third kappa shape index (κ3) is 6.47. The Hall–Kier alpha value is -3.62. The Bertz CT molecular complexity index is 901. The number of rotatable bonds is 9. The number of phenolic OH excluding ortho intramolecular Hbond substituents is 1. The Labute approximate surface area is 173 Å². The molecule has 2 rings (SSSR count). The van der Waals surface area contributed by atoms with E-state index in [0.717, 1.165) is 0 Å². The van der Waals surface area contributed by atoms with Gasteiger partial charge in [-0.3, -0.25) is 9.59 Å². The number of benzene rings is 2. The topological polar surface area (TPSA) is 105 Å². The molecule has 9 heteroatoms. The van der Waals surface area contributed by atoms with Gasteiger partial charge in [0.1, 0.15) is 22.9 Å². The summed E-state index contributed by atoms with van der Waals surface area (Å²) in [6.45, 7) is 1.29. The summed E-state index contributed by atoms with van der Waals surface area (Å²) in [5.74, 6) is -2.20. The molecule has 8 nitrogen and oxygen atoms in total. The monoisotopic (exact) mass is 418 g/mol. The molecule has 0 heterocycles. The number of carbonyl (C=O) groups excluding carboxylic acids is 3. The highest BCUT2D eigenvalue weighted by Gasteiger charge is 2.20. The third-order valence-electron chi connectivity index (χ3n) is 4.22. The predicted octanol–water partition coefficient (Wildman–Crippen LogP) is 1.86. The van der Waals surface area contributed by atoms with Crippen LogP contribution in [-0.2, 0) is 20.9 Å². The van der Waals surface area contributed by atoms with Crippen molar-refractivity contribution in [1.82, 2.24) is 10.2 Å². The minimum Gasteiger partial charge on any atom is -0.507 e. The quantitative estimate of drug-likeness (QED) is 0.603. The zero-order chi connectivity index (χ0) is 22.1. The number of methoxy groups -OCH3 is 1. The molecule has 0 aromatic heterocycles. The van der Waals surface area contributed by atoms with Gasteiger partial charge in [-0.15, -0.1) is 0 Å². The number of hydrogen-bond donors (Lipinski definition) is 2. The molecule has 0 unspecified atom stereocenters. The van der Waals surface area contributed by atoms with Crippen LogP contribution in [0.15, 0.2) is 42.5 Å². The summed E-state index contributed by atoms with van der Waals surface area (Å²) in [5, 5.41) is 12.4. The molecule has 2 amide bonds. The maximum absolute atomic E-state index is 12.9. The Morgan fingerprint density at radius 1 is 1.13 bits per heavy atom. The van der Waals surface area contributed by atoms with E-state index in [1.165, 1.54) is 42.3 Å². The van der Waals surface area contributed by atoms with Crippen molar-refractivity contribution < 1.29 is 33.4 Å². The van der Waals surface area contributed by atoms with E-state index in [0.29, 0.717) is 11.3 Å². The fourth-order valence-corrected chi connectivity index (χ4v) is 2.51. The third-order valence-corrected chi connectivity index (χ3v) is 4.22. The number of ether oxygens (including phenoxy) is 2. The second-order valence-corrected chi connectivity index (χ2v) is 6.27. The van der Waals surface area contributed by atoms with Crippen LogP contribution in [0, 0.1) is 5.82 Å². The lowest BCUT2D eigenvalue weighted by Crippen LogP contribution is -2.42. The molecule has 2 aromatic rings. The molecule has 0 aliphatic heterocycles. The van der Waals surface area contributed by atoms with Gasteiger partial charge in [0.25, 0.3) is 5.91 Å². The van der Waals surface area contributed by atoms with Gasteiger partial charge in [-0.25, -0.2) is 9.18 Å². The van der Waals surface area contributed by atoms with Crippen LogP contribution in [0.1, 0.15) is 22.8 Å². The van der Waals surface area contributed by atoms with Crippen LogP contribution in [0.3, 0.4) is 0 Å². The molecule has 30 heavy (non-hydrogen) atoms. The first-order valence-corrected chi connectivity index (χ1v) is 9.17. The lowest BCUT2D eigenvalue weighted by molar-refractivity contribution is -0.138. The first kappa shape index (κ1) is 22.7. The van der Waals surface area contributed by atoms with Crippen molar-refractivity contribution in [1.29, 1.82) is 0 Å². The summed E-state index contributed by atoms with van der Waals surface area (Å²) in [6.07, 6.45) is 0. The molecular weight excluding hydrogens is 395 g/mol. The van der Waals surface area contributed by atoms with Gasteiger partial charge >= 0.3 is 5.97 Å². The molecule has 160 valence electrons. The highest BCUT2D eigenvalue weighted by atomic mass is 19.1. The number of esters is 1. The van der Waals surface area contributed by atoms with E-state index >= 15 is 0 Å². The van der Waals surface area contributed by atoms with E-state index in [1.54, 1.807) is 19.1 Å². The summed E-state index contributed by atoms with van der Waals surface area (Å²) < 4.78 is 22.9. The second-order valence-electron chi connectivity index (χ2n) is 6.27. The molecule has 0 fully saturated rings. The standard InChI is InChI=1S/C21H23FN2O6/c1-3-24(12-19(26)23-11-14-4-6-15(22)7-5-14)20(27)13-30-21(28)17-10-16(29-2)8-9-18(17)25/h4-10,25H,3,11-13H2,1-2H3,(H,23,26). The minimum atomic E-state index is -0.892. The zero-order valence-corrected chi connectivity index (χ0v) is 16.7. The van der Waals surface area contributed by atoms with E-state index in [9.17, 15) is 23.9 Å². The Kier molecular flexibility index (Phi) is 8.16. The SMILES string of the molecule is CCN(CC(=O)NCc1ccc(F)cc1)C(=O)COC(=O)c1cc(OC)ccc1O. The summed E-state index contributed by atoms with van der Waals surface area (Å²) >= 11 is 0. The largest absolute Gasteiger partial charge is 0.507 e. The Morgan fingerprint density at radius 2 is 1.83 bits per heavy atom. The Morgan fingerprint density at radius 3 is 2.47 bits per heavy atom. The van der Waals surface area contributed by atoms with Crippen LogP contribution in [0.25, 0.3) is 0 Å². The lowest BCUT2D eigenvalue weighted by atomic mass is 10.2. The number of aromatic hydroxyl groups is 1. The molecule has 0 radical (unpaired) electrons. The first-order chi connectivity index (χ1) is 14.3. The van der Waals surface area contributed by atoms with Crippen molar-refractivity contribution in [2.75, 3.05) is 26.8 Å². The smallest absolute Gasteiger partial charge is 0.342 e. The fourth-order valence-electron chi connectivity index (χ4n) is 2.51. The molecular formula is C21H23FN2O6. The highest BCUT2D eigenvalue weighted by molar-refractivity contribution is 5.94. The van der Waals surface area contributed by atoms with Gasteiger partial charge in [0.05, 0.1) is 13.7 Å². The normalized spacial score (nSPS) is 10.2. The molecule has 0 aliphatic carbocycles.